The lowest BCUT2D eigenvalue weighted by Crippen LogP contribution is -1.97. The molecule has 0 radical (unpaired) electrons. The molecule has 0 aromatic rings. The molecule has 2 nitrogen and oxygen atoms in total. The summed E-state index contributed by atoms with van der Waals surface area (Å²) in [7, 11) is 0. The van der Waals surface area contributed by atoms with Crippen LogP contribution >= 0.6 is 0 Å². The third-order valence-electron chi connectivity index (χ3n) is 2.68. The van der Waals surface area contributed by atoms with Gasteiger partial charge in [-0.25, -0.2) is 0 Å². The van der Waals surface area contributed by atoms with Gasteiger partial charge in [0.15, 0.2) is 0 Å². The zero-order chi connectivity index (χ0) is 13.5. The van der Waals surface area contributed by atoms with E-state index in [1.165, 1.54) is 51.9 Å². The average molecular weight is 252 g/mol. The van der Waals surface area contributed by atoms with Gasteiger partial charge in [-0.3, -0.25) is 4.79 Å². The van der Waals surface area contributed by atoms with E-state index in [0.717, 1.165) is 6.42 Å². The van der Waals surface area contributed by atoms with Crippen molar-refractivity contribution in [2.24, 2.45) is 0 Å². The Bertz CT molecular complexity index is 241. The molecule has 0 spiro atoms. The molecule has 0 saturated carbocycles. The van der Waals surface area contributed by atoms with Gasteiger partial charge in [-0.2, -0.15) is 0 Å². The summed E-state index contributed by atoms with van der Waals surface area (Å²) in [5.41, 5.74) is 0. The Balaban J connectivity index is 3.15. The van der Waals surface area contributed by atoms with Gasteiger partial charge in [0.1, 0.15) is 6.61 Å². The first-order valence-electron chi connectivity index (χ1n) is 7.20. The molecule has 0 aliphatic heterocycles. The Morgan fingerprint density at radius 2 is 1.44 bits per heavy atom. The summed E-state index contributed by atoms with van der Waals surface area (Å²) in [6.07, 6.45) is 18.5. The van der Waals surface area contributed by atoms with Gasteiger partial charge >= 0.3 is 5.97 Å². The fourth-order valence-corrected chi connectivity index (χ4v) is 1.61. The first-order chi connectivity index (χ1) is 8.77. The van der Waals surface area contributed by atoms with E-state index < -0.39 is 0 Å². The van der Waals surface area contributed by atoms with Crippen LogP contribution in [0.15, 0.2) is 24.3 Å². The third kappa shape index (κ3) is 14.9. The summed E-state index contributed by atoms with van der Waals surface area (Å²) < 4.78 is 4.80. The van der Waals surface area contributed by atoms with Crippen LogP contribution in [0.3, 0.4) is 0 Å². The molecule has 0 unspecified atom stereocenters. The quantitative estimate of drug-likeness (QED) is 0.300. The molecule has 0 aromatic carbocycles. The first kappa shape index (κ1) is 16.9. The maximum Gasteiger partial charge on any atom is 0.302 e. The molecule has 2 heteroatoms. The summed E-state index contributed by atoms with van der Waals surface area (Å²) >= 11 is 0. The van der Waals surface area contributed by atoms with Gasteiger partial charge in [0.25, 0.3) is 0 Å². The van der Waals surface area contributed by atoms with Gasteiger partial charge in [-0.15, -0.1) is 0 Å². The molecule has 0 aromatic heterocycles. The highest BCUT2D eigenvalue weighted by Crippen LogP contribution is 2.05. The first-order valence-corrected chi connectivity index (χ1v) is 7.20. The number of allylic oxidation sites excluding steroid dienone is 3. The topological polar surface area (TPSA) is 26.3 Å². The molecule has 0 aliphatic rings. The van der Waals surface area contributed by atoms with E-state index in [1.807, 2.05) is 6.08 Å². The Morgan fingerprint density at radius 1 is 0.889 bits per heavy atom. The molecule has 0 saturated heterocycles. The zero-order valence-corrected chi connectivity index (χ0v) is 12.0. The average Bonchev–Trinajstić information content (AvgIpc) is 2.34. The van der Waals surface area contributed by atoms with Gasteiger partial charge in [0.05, 0.1) is 0 Å². The molecule has 0 N–H and O–H groups in total. The van der Waals surface area contributed by atoms with E-state index in [-0.39, 0.29) is 5.97 Å². The lowest BCUT2D eigenvalue weighted by molar-refractivity contribution is -0.139. The van der Waals surface area contributed by atoms with Gasteiger partial charge in [0.2, 0.25) is 0 Å². The van der Waals surface area contributed by atoms with Crippen LogP contribution in [0.25, 0.3) is 0 Å². The summed E-state index contributed by atoms with van der Waals surface area (Å²) in [6, 6.07) is 0. The number of hydrogen-bond donors (Lipinski definition) is 0. The Kier molecular flexibility index (Phi) is 13.2. The number of unbranched alkanes of at least 4 members (excludes halogenated alkanes) is 6. The molecular formula is C16H28O2. The second-order valence-electron chi connectivity index (χ2n) is 4.53. The zero-order valence-electron chi connectivity index (χ0n) is 12.0. The summed E-state index contributed by atoms with van der Waals surface area (Å²) in [5, 5.41) is 0. The van der Waals surface area contributed by atoms with Gasteiger partial charge in [-0.1, -0.05) is 50.5 Å². The smallest absolute Gasteiger partial charge is 0.302 e. The molecule has 0 aliphatic carbocycles. The van der Waals surface area contributed by atoms with Crippen molar-refractivity contribution < 1.29 is 9.53 Å². The molecule has 0 atom stereocenters. The van der Waals surface area contributed by atoms with E-state index >= 15 is 0 Å². The van der Waals surface area contributed by atoms with Crippen LogP contribution in [0.1, 0.15) is 65.2 Å². The minimum atomic E-state index is -0.213. The van der Waals surface area contributed by atoms with Crippen molar-refractivity contribution in [2.45, 2.75) is 65.2 Å². The summed E-state index contributed by atoms with van der Waals surface area (Å²) in [5.74, 6) is -0.213. The van der Waals surface area contributed by atoms with Crippen LogP contribution in [0.5, 0.6) is 0 Å². The fraction of sp³-hybridized carbons (Fsp3) is 0.688. The predicted octanol–water partition coefficient (Wildman–Crippen LogP) is 4.80. The van der Waals surface area contributed by atoms with Gasteiger partial charge < -0.3 is 4.74 Å². The maximum atomic E-state index is 10.5. The number of esters is 1. The van der Waals surface area contributed by atoms with Crippen LogP contribution in [0, 0.1) is 0 Å². The minimum Gasteiger partial charge on any atom is -0.462 e. The van der Waals surface area contributed by atoms with Crippen molar-refractivity contribution in [3.63, 3.8) is 0 Å². The van der Waals surface area contributed by atoms with E-state index in [0.29, 0.717) is 6.61 Å². The molecule has 0 fully saturated rings. The van der Waals surface area contributed by atoms with Crippen LogP contribution < -0.4 is 0 Å². The summed E-state index contributed by atoms with van der Waals surface area (Å²) in [6.45, 7) is 4.07. The molecular weight excluding hydrogens is 224 g/mol. The van der Waals surface area contributed by atoms with E-state index in [9.17, 15) is 4.79 Å². The fourth-order valence-electron chi connectivity index (χ4n) is 1.61. The van der Waals surface area contributed by atoms with Crippen molar-refractivity contribution in [1.29, 1.82) is 0 Å². The normalized spacial score (nSPS) is 11.4. The van der Waals surface area contributed by atoms with Crippen molar-refractivity contribution in [2.75, 3.05) is 6.61 Å². The summed E-state index contributed by atoms with van der Waals surface area (Å²) in [4.78, 5) is 10.5. The number of carbonyl (C=O) groups is 1. The number of rotatable bonds is 11. The maximum absolute atomic E-state index is 10.5. The van der Waals surface area contributed by atoms with Crippen molar-refractivity contribution in [3.05, 3.63) is 24.3 Å². The van der Waals surface area contributed by atoms with Crippen LogP contribution in [-0.4, -0.2) is 12.6 Å². The van der Waals surface area contributed by atoms with Crippen molar-refractivity contribution in [3.8, 4) is 0 Å². The van der Waals surface area contributed by atoms with Gasteiger partial charge in [-0.05, 0) is 32.1 Å². The van der Waals surface area contributed by atoms with Crippen LogP contribution in [0.4, 0.5) is 0 Å². The second-order valence-corrected chi connectivity index (χ2v) is 4.53. The monoisotopic (exact) mass is 252 g/mol. The number of ether oxygens (including phenoxy) is 1. The second kappa shape index (κ2) is 14.0. The van der Waals surface area contributed by atoms with Crippen LogP contribution in [0.2, 0.25) is 0 Å². The highest BCUT2D eigenvalue weighted by Gasteiger charge is 1.88. The number of carbonyl (C=O) groups excluding carboxylic acids is 1. The molecule has 0 heterocycles. The Morgan fingerprint density at radius 3 is 2.00 bits per heavy atom. The van der Waals surface area contributed by atoms with E-state index in [4.69, 9.17) is 4.74 Å². The SMILES string of the molecule is CCCCC=CCCCCC/C=C/COC(C)=O. The predicted molar refractivity (Wildman–Crippen MR) is 77.5 cm³/mol. The standard InChI is InChI=1S/C16H28O2/c1-3-4-5-6-7-8-9-10-11-12-13-14-15-18-16(2)17/h6-7,13-14H,3-5,8-12,15H2,1-2H3/b7-6?,14-13+. The van der Waals surface area contributed by atoms with Crippen molar-refractivity contribution in [1.82, 2.24) is 0 Å². The number of hydrogen-bond acceptors (Lipinski definition) is 2. The highest BCUT2D eigenvalue weighted by atomic mass is 16.5. The van der Waals surface area contributed by atoms with E-state index in [1.54, 1.807) is 0 Å². The lowest BCUT2D eigenvalue weighted by atomic mass is 10.1. The molecule has 0 bridgehead atoms. The van der Waals surface area contributed by atoms with Crippen LogP contribution in [-0.2, 0) is 9.53 Å². The molecule has 104 valence electrons. The van der Waals surface area contributed by atoms with Gasteiger partial charge in [0, 0.05) is 6.92 Å². The Hall–Kier alpha value is -1.05. The highest BCUT2D eigenvalue weighted by molar-refractivity contribution is 5.65. The molecule has 0 amide bonds. The minimum absolute atomic E-state index is 0.213. The Labute approximate surface area is 112 Å². The molecule has 18 heavy (non-hydrogen) atoms. The van der Waals surface area contributed by atoms with Crippen molar-refractivity contribution >= 4 is 5.97 Å². The lowest BCUT2D eigenvalue weighted by Gasteiger charge is -1.96. The van der Waals surface area contributed by atoms with E-state index in [2.05, 4.69) is 25.2 Å². The largest absolute Gasteiger partial charge is 0.462 e. The molecule has 0 rings (SSSR count). The third-order valence-corrected chi connectivity index (χ3v) is 2.68.